The number of ether oxygens (including phenoxy) is 1. The molecule has 0 atom stereocenters. The van der Waals surface area contributed by atoms with Crippen LogP contribution in [0.1, 0.15) is 18.7 Å². The molecule has 0 bridgehead atoms. The highest BCUT2D eigenvalue weighted by molar-refractivity contribution is 5.72. The summed E-state index contributed by atoms with van der Waals surface area (Å²) in [4.78, 5) is 18.2. The van der Waals surface area contributed by atoms with Crippen molar-refractivity contribution in [2.45, 2.75) is 19.4 Å². The Bertz CT molecular complexity index is 567. The number of fused-ring (bicyclic) bond motifs is 1. The van der Waals surface area contributed by atoms with E-state index < -0.39 is 0 Å². The van der Waals surface area contributed by atoms with Gasteiger partial charge in [0.15, 0.2) is 5.58 Å². The summed E-state index contributed by atoms with van der Waals surface area (Å²) in [6, 6.07) is 7.77. The first-order valence-corrected chi connectivity index (χ1v) is 6.91. The topological polar surface area (TPSA) is 55.6 Å². The van der Waals surface area contributed by atoms with Crippen LogP contribution in [0.3, 0.4) is 0 Å². The van der Waals surface area contributed by atoms with Crippen LogP contribution in [-0.2, 0) is 16.1 Å². The fraction of sp³-hybridized carbons (Fsp3) is 0.467. The maximum absolute atomic E-state index is 11.5. The molecule has 1 aromatic heterocycles. The Morgan fingerprint density at radius 2 is 2.15 bits per heavy atom. The zero-order valence-corrected chi connectivity index (χ0v) is 11.5. The number of hydrogen-bond donors (Lipinski definition) is 0. The first kappa shape index (κ1) is 13.1. The number of nitrogens with zero attached hydrogens (tertiary/aromatic N) is 2. The van der Waals surface area contributed by atoms with Gasteiger partial charge in [0.1, 0.15) is 5.52 Å². The number of carbonyl (C=O) groups excluding carboxylic acids is 1. The van der Waals surface area contributed by atoms with E-state index >= 15 is 0 Å². The van der Waals surface area contributed by atoms with Crippen LogP contribution in [0.25, 0.3) is 11.1 Å². The SMILES string of the molecule is COC(=O)C1CCN(Cc2nc3ccccc3o2)CC1. The van der Waals surface area contributed by atoms with Gasteiger partial charge in [-0.05, 0) is 38.1 Å². The number of oxazole rings is 1. The molecule has 20 heavy (non-hydrogen) atoms. The minimum atomic E-state index is -0.0912. The third-order valence-electron chi connectivity index (χ3n) is 3.82. The van der Waals surface area contributed by atoms with Crippen molar-refractivity contribution in [2.24, 2.45) is 5.92 Å². The normalized spacial score (nSPS) is 17.4. The number of aromatic nitrogens is 1. The maximum Gasteiger partial charge on any atom is 0.308 e. The Hall–Kier alpha value is -1.88. The minimum Gasteiger partial charge on any atom is -0.469 e. The Kier molecular flexibility index (Phi) is 3.69. The van der Waals surface area contributed by atoms with E-state index in [0.29, 0.717) is 6.54 Å². The fourth-order valence-electron chi connectivity index (χ4n) is 2.67. The van der Waals surface area contributed by atoms with Crippen LogP contribution in [0.15, 0.2) is 28.7 Å². The van der Waals surface area contributed by atoms with Crippen LogP contribution in [0.5, 0.6) is 0 Å². The van der Waals surface area contributed by atoms with Gasteiger partial charge in [0.05, 0.1) is 19.6 Å². The van der Waals surface area contributed by atoms with Gasteiger partial charge in [0.25, 0.3) is 0 Å². The molecule has 0 amide bonds. The summed E-state index contributed by atoms with van der Waals surface area (Å²) in [7, 11) is 1.45. The second-order valence-electron chi connectivity index (χ2n) is 5.15. The van der Waals surface area contributed by atoms with E-state index in [1.165, 1.54) is 7.11 Å². The van der Waals surface area contributed by atoms with Gasteiger partial charge in [0, 0.05) is 0 Å². The van der Waals surface area contributed by atoms with Crippen molar-refractivity contribution in [3.63, 3.8) is 0 Å². The summed E-state index contributed by atoms with van der Waals surface area (Å²) in [5.41, 5.74) is 1.72. The number of methoxy groups -OCH3 is 1. The quantitative estimate of drug-likeness (QED) is 0.803. The number of likely N-dealkylation sites (tertiary alicyclic amines) is 1. The van der Waals surface area contributed by atoms with E-state index in [2.05, 4.69) is 9.88 Å². The van der Waals surface area contributed by atoms with Gasteiger partial charge in [-0.2, -0.15) is 0 Å². The number of piperidine rings is 1. The molecule has 1 aliphatic heterocycles. The largest absolute Gasteiger partial charge is 0.469 e. The summed E-state index contributed by atoms with van der Waals surface area (Å²) in [5.74, 6) is 0.689. The zero-order valence-electron chi connectivity index (χ0n) is 11.5. The fourth-order valence-corrected chi connectivity index (χ4v) is 2.67. The van der Waals surface area contributed by atoms with Gasteiger partial charge in [0.2, 0.25) is 5.89 Å². The molecule has 0 unspecified atom stereocenters. The molecule has 0 radical (unpaired) electrons. The number of benzene rings is 1. The van der Waals surface area contributed by atoms with Crippen molar-refractivity contribution in [1.82, 2.24) is 9.88 Å². The first-order chi connectivity index (χ1) is 9.76. The van der Waals surface area contributed by atoms with Crippen molar-refractivity contribution < 1.29 is 13.9 Å². The van der Waals surface area contributed by atoms with Crippen molar-refractivity contribution in [3.8, 4) is 0 Å². The lowest BCUT2D eigenvalue weighted by atomic mass is 9.97. The number of hydrogen-bond acceptors (Lipinski definition) is 5. The Morgan fingerprint density at radius 3 is 2.85 bits per heavy atom. The Balaban J connectivity index is 1.60. The summed E-state index contributed by atoms with van der Waals surface area (Å²) in [5, 5.41) is 0. The summed E-state index contributed by atoms with van der Waals surface area (Å²) in [6.45, 7) is 2.44. The second kappa shape index (κ2) is 5.63. The molecule has 2 aromatic rings. The highest BCUT2D eigenvalue weighted by Crippen LogP contribution is 2.21. The van der Waals surface area contributed by atoms with E-state index in [9.17, 15) is 4.79 Å². The lowest BCUT2D eigenvalue weighted by Crippen LogP contribution is -2.36. The summed E-state index contributed by atoms with van der Waals surface area (Å²) >= 11 is 0. The highest BCUT2D eigenvalue weighted by atomic mass is 16.5. The van der Waals surface area contributed by atoms with Gasteiger partial charge in [-0.15, -0.1) is 0 Å². The van der Waals surface area contributed by atoms with Crippen molar-refractivity contribution in [1.29, 1.82) is 0 Å². The monoisotopic (exact) mass is 274 g/mol. The van der Waals surface area contributed by atoms with Crippen LogP contribution in [0, 0.1) is 5.92 Å². The number of esters is 1. The van der Waals surface area contributed by atoms with Crippen LogP contribution in [0.2, 0.25) is 0 Å². The van der Waals surface area contributed by atoms with E-state index in [0.717, 1.165) is 42.9 Å². The molecule has 3 rings (SSSR count). The first-order valence-electron chi connectivity index (χ1n) is 6.91. The van der Waals surface area contributed by atoms with Crippen LogP contribution >= 0.6 is 0 Å². The smallest absolute Gasteiger partial charge is 0.308 e. The summed E-state index contributed by atoms with van der Waals surface area (Å²) in [6.07, 6.45) is 1.68. The van der Waals surface area contributed by atoms with Crippen LogP contribution in [0.4, 0.5) is 0 Å². The molecule has 1 saturated heterocycles. The van der Waals surface area contributed by atoms with E-state index in [-0.39, 0.29) is 11.9 Å². The molecule has 0 spiro atoms. The number of rotatable bonds is 3. The van der Waals surface area contributed by atoms with Gasteiger partial charge in [-0.3, -0.25) is 9.69 Å². The van der Waals surface area contributed by atoms with Crippen LogP contribution in [-0.4, -0.2) is 36.1 Å². The molecule has 5 heteroatoms. The molecule has 1 fully saturated rings. The molecule has 1 aliphatic rings. The molecule has 0 aliphatic carbocycles. The number of para-hydroxylation sites is 2. The lowest BCUT2D eigenvalue weighted by Gasteiger charge is -2.29. The van der Waals surface area contributed by atoms with E-state index in [1.807, 2.05) is 24.3 Å². The van der Waals surface area contributed by atoms with Crippen molar-refractivity contribution in [2.75, 3.05) is 20.2 Å². The Labute approximate surface area is 117 Å². The molecule has 0 saturated carbocycles. The van der Waals surface area contributed by atoms with Gasteiger partial charge < -0.3 is 9.15 Å². The van der Waals surface area contributed by atoms with E-state index in [1.54, 1.807) is 0 Å². The average molecular weight is 274 g/mol. The highest BCUT2D eigenvalue weighted by Gasteiger charge is 2.26. The zero-order chi connectivity index (χ0) is 13.9. The predicted octanol–water partition coefficient (Wildman–Crippen LogP) is 2.21. The van der Waals surface area contributed by atoms with Gasteiger partial charge >= 0.3 is 5.97 Å². The maximum atomic E-state index is 11.5. The molecule has 0 N–H and O–H groups in total. The Morgan fingerprint density at radius 1 is 1.40 bits per heavy atom. The predicted molar refractivity (Wildman–Crippen MR) is 74.0 cm³/mol. The van der Waals surface area contributed by atoms with Gasteiger partial charge in [-0.25, -0.2) is 4.98 Å². The third kappa shape index (κ3) is 2.67. The van der Waals surface area contributed by atoms with Crippen molar-refractivity contribution in [3.05, 3.63) is 30.2 Å². The minimum absolute atomic E-state index is 0.0416. The standard InChI is InChI=1S/C15H18N2O3/c1-19-15(18)11-6-8-17(9-7-11)10-14-16-12-4-2-3-5-13(12)20-14/h2-5,11H,6-10H2,1H3. The molecule has 1 aromatic carbocycles. The van der Waals surface area contributed by atoms with Gasteiger partial charge in [-0.1, -0.05) is 12.1 Å². The lowest BCUT2D eigenvalue weighted by molar-refractivity contribution is -0.147. The molecule has 2 heterocycles. The third-order valence-corrected chi connectivity index (χ3v) is 3.82. The molecule has 106 valence electrons. The molecule has 5 nitrogen and oxygen atoms in total. The van der Waals surface area contributed by atoms with Crippen molar-refractivity contribution >= 4 is 17.1 Å². The average Bonchev–Trinajstić information content (AvgIpc) is 2.89. The van der Waals surface area contributed by atoms with E-state index in [4.69, 9.17) is 9.15 Å². The molecular formula is C15H18N2O3. The second-order valence-corrected chi connectivity index (χ2v) is 5.15. The van der Waals surface area contributed by atoms with Crippen LogP contribution < -0.4 is 0 Å². The summed E-state index contributed by atoms with van der Waals surface area (Å²) < 4.78 is 10.5. The molecular weight excluding hydrogens is 256 g/mol. The number of carbonyl (C=O) groups is 1.